The predicted molar refractivity (Wildman–Crippen MR) is 71.0 cm³/mol. The molecule has 1 rings (SSSR count). The van der Waals surface area contributed by atoms with Gasteiger partial charge in [-0.3, -0.25) is 9.69 Å². The summed E-state index contributed by atoms with van der Waals surface area (Å²) >= 11 is 0. The maximum absolute atomic E-state index is 12.4. The van der Waals surface area contributed by atoms with Crippen molar-refractivity contribution in [3.05, 3.63) is 29.8 Å². The minimum absolute atomic E-state index is 0.0284. The van der Waals surface area contributed by atoms with Crippen molar-refractivity contribution in [2.75, 3.05) is 13.1 Å². The monoisotopic (exact) mass is 287 g/mol. The van der Waals surface area contributed by atoms with E-state index in [2.05, 4.69) is 4.74 Å². The molecule has 1 atom stereocenters. The highest BCUT2D eigenvalue weighted by Gasteiger charge is 2.25. The van der Waals surface area contributed by atoms with Crippen LogP contribution in [0.25, 0.3) is 0 Å². The lowest BCUT2D eigenvalue weighted by Crippen LogP contribution is -2.30. The zero-order chi connectivity index (χ0) is 15.1. The normalized spacial score (nSPS) is 12.7. The lowest BCUT2D eigenvalue weighted by atomic mass is 10.0. The maximum Gasteiger partial charge on any atom is 0.387 e. The van der Waals surface area contributed by atoms with Crippen LogP contribution >= 0.6 is 0 Å². The van der Waals surface area contributed by atoms with Crippen LogP contribution in [0, 0.1) is 0 Å². The number of carbonyl (C=O) groups is 1. The highest BCUT2D eigenvalue weighted by Crippen LogP contribution is 2.32. The highest BCUT2D eigenvalue weighted by molar-refractivity contribution is 5.68. The molecule has 0 saturated heterocycles. The molecule has 1 unspecified atom stereocenters. The first-order chi connectivity index (χ1) is 9.49. The molecule has 112 valence electrons. The first kappa shape index (κ1) is 16.4. The van der Waals surface area contributed by atoms with E-state index in [1.807, 2.05) is 18.7 Å². The van der Waals surface area contributed by atoms with Gasteiger partial charge >= 0.3 is 12.6 Å². The van der Waals surface area contributed by atoms with Gasteiger partial charge < -0.3 is 9.84 Å². The Morgan fingerprint density at radius 2 is 1.90 bits per heavy atom. The fourth-order valence-electron chi connectivity index (χ4n) is 2.22. The third-order valence-corrected chi connectivity index (χ3v) is 3.12. The summed E-state index contributed by atoms with van der Waals surface area (Å²) in [7, 11) is 0. The number of hydrogen-bond acceptors (Lipinski definition) is 3. The molecule has 0 amide bonds. The number of alkyl halides is 2. The van der Waals surface area contributed by atoms with E-state index < -0.39 is 18.6 Å². The van der Waals surface area contributed by atoms with Crippen LogP contribution < -0.4 is 4.74 Å². The van der Waals surface area contributed by atoms with Crippen molar-refractivity contribution in [2.45, 2.75) is 32.9 Å². The summed E-state index contributed by atoms with van der Waals surface area (Å²) in [6, 6.07) is 5.84. The Balaban J connectivity index is 3.15. The van der Waals surface area contributed by atoms with Crippen LogP contribution in [0.1, 0.15) is 31.9 Å². The predicted octanol–water partition coefficient (Wildman–Crippen LogP) is 3.15. The van der Waals surface area contributed by atoms with E-state index in [1.165, 1.54) is 6.07 Å². The van der Waals surface area contributed by atoms with Gasteiger partial charge in [-0.15, -0.1) is 0 Å². The number of nitrogens with zero attached hydrogens (tertiary/aromatic N) is 1. The summed E-state index contributed by atoms with van der Waals surface area (Å²) in [5.41, 5.74) is 0.471. The number of ether oxygens (including phenoxy) is 1. The Morgan fingerprint density at radius 1 is 1.30 bits per heavy atom. The summed E-state index contributed by atoms with van der Waals surface area (Å²) in [5.74, 6) is -0.950. The molecule has 0 saturated carbocycles. The van der Waals surface area contributed by atoms with E-state index in [9.17, 15) is 13.6 Å². The standard InChI is InChI=1S/C14H19F2NO3/c1-3-17(4-2)11(9-13(18)19)10-7-5-6-8-12(10)20-14(15)16/h5-8,11,14H,3-4,9H2,1-2H3,(H,18,19). The van der Waals surface area contributed by atoms with Gasteiger partial charge in [0.2, 0.25) is 0 Å². The van der Waals surface area contributed by atoms with E-state index >= 15 is 0 Å². The van der Waals surface area contributed by atoms with Crippen LogP contribution in [0.5, 0.6) is 5.75 Å². The third-order valence-electron chi connectivity index (χ3n) is 3.12. The lowest BCUT2D eigenvalue weighted by molar-refractivity contribution is -0.138. The second kappa shape index (κ2) is 7.79. The third kappa shape index (κ3) is 4.45. The molecule has 20 heavy (non-hydrogen) atoms. The van der Waals surface area contributed by atoms with Crippen LogP contribution in [0.4, 0.5) is 8.78 Å². The number of carboxylic acid groups (broad SMARTS) is 1. The van der Waals surface area contributed by atoms with Crippen molar-refractivity contribution in [3.63, 3.8) is 0 Å². The first-order valence-electron chi connectivity index (χ1n) is 6.49. The zero-order valence-corrected chi connectivity index (χ0v) is 11.6. The molecular formula is C14H19F2NO3. The summed E-state index contributed by atoms with van der Waals surface area (Å²) in [4.78, 5) is 12.9. The maximum atomic E-state index is 12.4. The Kier molecular flexibility index (Phi) is 6.38. The molecule has 0 fully saturated rings. The summed E-state index contributed by atoms with van der Waals surface area (Å²) in [6.45, 7) is 2.11. The van der Waals surface area contributed by atoms with Gasteiger partial charge in [0.05, 0.1) is 6.42 Å². The smallest absolute Gasteiger partial charge is 0.387 e. The molecule has 0 spiro atoms. The van der Waals surface area contributed by atoms with Crippen molar-refractivity contribution in [1.29, 1.82) is 0 Å². The molecule has 4 nitrogen and oxygen atoms in total. The number of halogens is 2. The quantitative estimate of drug-likeness (QED) is 0.798. The first-order valence-corrected chi connectivity index (χ1v) is 6.49. The molecule has 0 aromatic heterocycles. The minimum Gasteiger partial charge on any atom is -0.481 e. The van der Waals surface area contributed by atoms with Gasteiger partial charge in [-0.05, 0) is 19.2 Å². The van der Waals surface area contributed by atoms with Crippen LogP contribution in [-0.2, 0) is 4.79 Å². The van der Waals surface area contributed by atoms with E-state index in [-0.39, 0.29) is 12.2 Å². The average Bonchev–Trinajstić information content (AvgIpc) is 2.38. The summed E-state index contributed by atoms with van der Waals surface area (Å²) < 4.78 is 29.4. The van der Waals surface area contributed by atoms with E-state index in [4.69, 9.17) is 5.11 Å². The minimum atomic E-state index is -2.93. The SMILES string of the molecule is CCN(CC)C(CC(=O)O)c1ccccc1OC(F)F. The van der Waals surface area contributed by atoms with Gasteiger partial charge in [-0.25, -0.2) is 0 Å². The van der Waals surface area contributed by atoms with Gasteiger partial charge in [0.15, 0.2) is 0 Å². The average molecular weight is 287 g/mol. The van der Waals surface area contributed by atoms with Crippen LogP contribution in [-0.4, -0.2) is 35.7 Å². The molecule has 0 heterocycles. The molecule has 0 aliphatic rings. The van der Waals surface area contributed by atoms with Gasteiger partial charge in [0, 0.05) is 11.6 Å². The molecule has 0 radical (unpaired) electrons. The van der Waals surface area contributed by atoms with Gasteiger partial charge in [0.25, 0.3) is 0 Å². The summed E-state index contributed by atoms with van der Waals surface area (Å²) in [6.07, 6.45) is -0.161. The second-order valence-electron chi connectivity index (χ2n) is 4.25. The van der Waals surface area contributed by atoms with Gasteiger partial charge in [-0.2, -0.15) is 8.78 Å². The van der Waals surface area contributed by atoms with Crippen molar-refractivity contribution < 1.29 is 23.4 Å². The topological polar surface area (TPSA) is 49.8 Å². The van der Waals surface area contributed by atoms with Crippen LogP contribution in [0.2, 0.25) is 0 Å². The highest BCUT2D eigenvalue weighted by atomic mass is 19.3. The molecule has 0 aliphatic heterocycles. The van der Waals surface area contributed by atoms with E-state index in [1.54, 1.807) is 18.2 Å². The van der Waals surface area contributed by atoms with Crippen molar-refractivity contribution in [3.8, 4) is 5.75 Å². The van der Waals surface area contributed by atoms with Crippen molar-refractivity contribution >= 4 is 5.97 Å². The molecule has 0 bridgehead atoms. The number of benzene rings is 1. The Morgan fingerprint density at radius 3 is 2.40 bits per heavy atom. The van der Waals surface area contributed by atoms with Crippen LogP contribution in [0.15, 0.2) is 24.3 Å². The number of rotatable bonds is 8. The molecule has 1 aromatic rings. The van der Waals surface area contributed by atoms with Gasteiger partial charge in [0.1, 0.15) is 5.75 Å². The van der Waals surface area contributed by atoms with Crippen LogP contribution in [0.3, 0.4) is 0 Å². The van der Waals surface area contributed by atoms with E-state index in [0.717, 1.165) is 0 Å². The number of hydrogen-bond donors (Lipinski definition) is 1. The number of aliphatic carboxylic acids is 1. The van der Waals surface area contributed by atoms with Crippen molar-refractivity contribution in [1.82, 2.24) is 4.90 Å². The van der Waals surface area contributed by atoms with Crippen molar-refractivity contribution in [2.24, 2.45) is 0 Å². The Bertz CT molecular complexity index is 436. The fourth-order valence-corrected chi connectivity index (χ4v) is 2.22. The zero-order valence-electron chi connectivity index (χ0n) is 11.6. The van der Waals surface area contributed by atoms with Gasteiger partial charge in [-0.1, -0.05) is 32.0 Å². The lowest BCUT2D eigenvalue weighted by Gasteiger charge is -2.30. The largest absolute Gasteiger partial charge is 0.481 e. The molecule has 1 aromatic carbocycles. The molecular weight excluding hydrogens is 268 g/mol. The molecule has 6 heteroatoms. The molecule has 1 N–H and O–H groups in total. The Labute approximate surface area is 117 Å². The summed E-state index contributed by atoms with van der Waals surface area (Å²) in [5, 5.41) is 9.04. The molecule has 0 aliphatic carbocycles. The number of carboxylic acids is 1. The second-order valence-corrected chi connectivity index (χ2v) is 4.25. The number of para-hydroxylation sites is 1. The Hall–Kier alpha value is -1.69. The fraction of sp³-hybridized carbons (Fsp3) is 0.500. The van der Waals surface area contributed by atoms with E-state index in [0.29, 0.717) is 18.7 Å².